The largest absolute Gasteiger partial charge is 0.507 e. The number of hydrogen-bond acceptors (Lipinski definition) is 2. The van der Waals surface area contributed by atoms with E-state index < -0.39 is 5.91 Å². The molecule has 0 aromatic heterocycles. The number of hydrogen-bond donors (Lipinski definition) is 2. The molecule has 0 saturated carbocycles. The van der Waals surface area contributed by atoms with Gasteiger partial charge in [0, 0.05) is 0 Å². The number of carbonyl (C=O) groups excluding carboxylic acids is 1. The second kappa shape index (κ2) is 4.20. The molecule has 1 rings (SSSR count). The number of nitrogens with two attached hydrogens (primary N) is 1. The summed E-state index contributed by atoms with van der Waals surface area (Å²) in [5.41, 5.74) is 5.07. The first-order valence-electron chi connectivity index (χ1n) is 2.79. The molecule has 56 valence electrons. The highest BCUT2D eigenvalue weighted by atomic mass is 24.3. The third-order valence-corrected chi connectivity index (χ3v) is 1.17. The molecule has 1 aromatic carbocycles. The number of primary amides is 1. The number of amides is 1. The average Bonchev–Trinajstić information content (AvgIpc) is 1.88. The molecular weight excluding hydrogens is 154 g/mol. The summed E-state index contributed by atoms with van der Waals surface area (Å²) in [5.74, 6) is -0.687. The zero-order valence-corrected chi connectivity index (χ0v) is 5.24. The SMILES string of the molecule is NC(=O)c1ccccc1O.[MgH2]. The maximum atomic E-state index is 10.5. The van der Waals surface area contributed by atoms with Gasteiger partial charge in [-0.05, 0) is 12.1 Å². The first-order valence-corrected chi connectivity index (χ1v) is 2.79. The van der Waals surface area contributed by atoms with Crippen LogP contribution in [0.3, 0.4) is 0 Å². The van der Waals surface area contributed by atoms with Gasteiger partial charge in [-0.25, -0.2) is 0 Å². The van der Waals surface area contributed by atoms with E-state index in [1.807, 2.05) is 0 Å². The van der Waals surface area contributed by atoms with Gasteiger partial charge in [0.1, 0.15) is 5.75 Å². The van der Waals surface area contributed by atoms with Crippen molar-refractivity contribution >= 4 is 29.0 Å². The topological polar surface area (TPSA) is 63.3 Å². The van der Waals surface area contributed by atoms with Crippen LogP contribution >= 0.6 is 0 Å². The zero-order valence-electron chi connectivity index (χ0n) is 5.24. The number of benzene rings is 1. The lowest BCUT2D eigenvalue weighted by Crippen LogP contribution is -2.10. The van der Waals surface area contributed by atoms with Gasteiger partial charge in [0.2, 0.25) is 0 Å². The van der Waals surface area contributed by atoms with Gasteiger partial charge in [-0.3, -0.25) is 4.79 Å². The van der Waals surface area contributed by atoms with E-state index in [4.69, 9.17) is 10.8 Å². The number of para-hydroxylation sites is 1. The minimum Gasteiger partial charge on any atom is -0.507 e. The first-order chi connectivity index (χ1) is 4.72. The standard InChI is InChI=1S/C7H7NO2.Mg.2H/c8-7(10)5-3-1-2-4-6(5)9;;;/h1-4,9H,(H2,8,10);;;. The highest BCUT2D eigenvalue weighted by Crippen LogP contribution is 2.13. The third-order valence-electron chi connectivity index (χ3n) is 1.17. The molecule has 3 nitrogen and oxygen atoms in total. The van der Waals surface area contributed by atoms with Crippen molar-refractivity contribution in [2.45, 2.75) is 0 Å². The molecule has 4 heteroatoms. The Balaban J connectivity index is 0.000001000. The minimum atomic E-state index is -0.613. The summed E-state index contributed by atoms with van der Waals surface area (Å²) in [4.78, 5) is 10.5. The van der Waals surface area contributed by atoms with E-state index in [0.717, 1.165) is 0 Å². The number of phenols is 1. The van der Waals surface area contributed by atoms with Crippen LogP contribution in [0.5, 0.6) is 5.75 Å². The van der Waals surface area contributed by atoms with Crippen molar-refractivity contribution in [2.24, 2.45) is 5.73 Å². The van der Waals surface area contributed by atoms with E-state index >= 15 is 0 Å². The fourth-order valence-electron chi connectivity index (χ4n) is 0.682. The zero-order chi connectivity index (χ0) is 7.56. The molecule has 0 radical (unpaired) electrons. The quantitative estimate of drug-likeness (QED) is 0.552. The molecule has 3 N–H and O–H groups in total. The molecule has 0 aliphatic rings. The second-order valence-electron chi connectivity index (χ2n) is 1.88. The van der Waals surface area contributed by atoms with Crippen molar-refractivity contribution in [3.63, 3.8) is 0 Å². The summed E-state index contributed by atoms with van der Waals surface area (Å²) in [6, 6.07) is 6.15. The molecule has 0 saturated heterocycles. The van der Waals surface area contributed by atoms with Crippen molar-refractivity contribution in [3.05, 3.63) is 29.8 Å². The fourth-order valence-corrected chi connectivity index (χ4v) is 0.682. The normalized spacial score (nSPS) is 8.36. The molecule has 0 bridgehead atoms. The predicted molar refractivity (Wildman–Crippen MR) is 45.2 cm³/mol. The van der Waals surface area contributed by atoms with E-state index in [9.17, 15) is 4.79 Å². The fraction of sp³-hybridized carbons (Fsp3) is 0. The third kappa shape index (κ3) is 2.40. The van der Waals surface area contributed by atoms with E-state index in [1.54, 1.807) is 12.1 Å². The van der Waals surface area contributed by atoms with E-state index in [-0.39, 0.29) is 34.4 Å². The Hall–Kier alpha value is -0.744. The van der Waals surface area contributed by atoms with Crippen LogP contribution in [0, 0.1) is 0 Å². The van der Waals surface area contributed by atoms with E-state index in [2.05, 4.69) is 0 Å². The molecule has 1 amide bonds. The van der Waals surface area contributed by atoms with Crippen molar-refractivity contribution in [2.75, 3.05) is 0 Å². The molecule has 1 aromatic rings. The smallest absolute Gasteiger partial charge is 0.316 e. The van der Waals surface area contributed by atoms with Crippen molar-refractivity contribution < 1.29 is 9.90 Å². The summed E-state index contributed by atoms with van der Waals surface area (Å²) in [6.45, 7) is 0. The maximum absolute atomic E-state index is 10.5. The lowest BCUT2D eigenvalue weighted by molar-refractivity contribution is 0.0998. The van der Waals surface area contributed by atoms with Gasteiger partial charge >= 0.3 is 23.1 Å². The maximum Gasteiger partial charge on any atom is 0.316 e. The number of rotatable bonds is 1. The average molecular weight is 163 g/mol. The molecule has 0 heterocycles. The first kappa shape index (κ1) is 10.3. The summed E-state index contributed by atoms with van der Waals surface area (Å²) >= 11 is 0. The minimum absolute atomic E-state index is 0. The Kier molecular flexibility index (Phi) is 3.92. The van der Waals surface area contributed by atoms with Gasteiger partial charge in [0.05, 0.1) is 5.56 Å². The van der Waals surface area contributed by atoms with Crippen molar-refractivity contribution in [1.29, 1.82) is 0 Å². The van der Waals surface area contributed by atoms with E-state index in [0.29, 0.717) is 0 Å². The lowest BCUT2D eigenvalue weighted by Gasteiger charge is -1.96. The van der Waals surface area contributed by atoms with Crippen LogP contribution in [-0.2, 0) is 0 Å². The summed E-state index contributed by atoms with van der Waals surface area (Å²) in [5, 5.41) is 8.98. The lowest BCUT2D eigenvalue weighted by atomic mass is 10.2. The Bertz CT molecular complexity index is 262. The molecule has 11 heavy (non-hydrogen) atoms. The molecule has 0 aliphatic carbocycles. The van der Waals surface area contributed by atoms with Crippen LogP contribution in [0.25, 0.3) is 0 Å². The molecular formula is C7H9MgNO2. The predicted octanol–water partition coefficient (Wildman–Crippen LogP) is -0.425. The van der Waals surface area contributed by atoms with Crippen LogP contribution in [0.4, 0.5) is 0 Å². The monoisotopic (exact) mass is 163 g/mol. The summed E-state index contributed by atoms with van der Waals surface area (Å²) in [6.07, 6.45) is 0. The van der Waals surface area contributed by atoms with Crippen molar-refractivity contribution in [3.8, 4) is 5.75 Å². The van der Waals surface area contributed by atoms with Gasteiger partial charge in [-0.15, -0.1) is 0 Å². The highest BCUT2D eigenvalue weighted by molar-refractivity contribution is 5.95. The van der Waals surface area contributed by atoms with Gasteiger partial charge < -0.3 is 10.8 Å². The summed E-state index contributed by atoms with van der Waals surface area (Å²) < 4.78 is 0. The van der Waals surface area contributed by atoms with Crippen LogP contribution < -0.4 is 5.73 Å². The molecule has 0 aliphatic heterocycles. The van der Waals surface area contributed by atoms with Gasteiger partial charge in [0.15, 0.2) is 0 Å². The Labute approximate surface area is 80.4 Å². The van der Waals surface area contributed by atoms with E-state index in [1.165, 1.54) is 12.1 Å². The van der Waals surface area contributed by atoms with Crippen LogP contribution in [0.1, 0.15) is 10.4 Å². The molecule has 0 atom stereocenters. The Morgan fingerprint density at radius 1 is 1.36 bits per heavy atom. The van der Waals surface area contributed by atoms with Gasteiger partial charge in [0.25, 0.3) is 5.91 Å². The van der Waals surface area contributed by atoms with Crippen LogP contribution in [-0.4, -0.2) is 34.1 Å². The van der Waals surface area contributed by atoms with Crippen LogP contribution in [0.2, 0.25) is 0 Å². The number of carbonyl (C=O) groups is 1. The Morgan fingerprint density at radius 3 is 2.27 bits per heavy atom. The molecule has 0 spiro atoms. The molecule has 0 fully saturated rings. The highest BCUT2D eigenvalue weighted by Gasteiger charge is 2.03. The van der Waals surface area contributed by atoms with Gasteiger partial charge in [-0.1, -0.05) is 12.1 Å². The Morgan fingerprint density at radius 2 is 1.91 bits per heavy atom. The van der Waals surface area contributed by atoms with Crippen molar-refractivity contribution in [1.82, 2.24) is 0 Å². The number of aromatic hydroxyl groups is 1. The van der Waals surface area contributed by atoms with Gasteiger partial charge in [-0.2, -0.15) is 0 Å². The second-order valence-corrected chi connectivity index (χ2v) is 1.88. The summed E-state index contributed by atoms with van der Waals surface area (Å²) in [7, 11) is 0. The van der Waals surface area contributed by atoms with Crippen LogP contribution in [0.15, 0.2) is 24.3 Å². The molecule has 0 unspecified atom stereocenters.